The van der Waals surface area contributed by atoms with Crippen LogP contribution in [0, 0.1) is 20.8 Å². The van der Waals surface area contributed by atoms with Gasteiger partial charge in [0.15, 0.2) is 0 Å². The molecule has 0 unspecified atom stereocenters. The Hall–Kier alpha value is -2.89. The van der Waals surface area contributed by atoms with E-state index in [1.54, 1.807) is 6.07 Å². The van der Waals surface area contributed by atoms with Gasteiger partial charge in [0.25, 0.3) is 0 Å². The van der Waals surface area contributed by atoms with Gasteiger partial charge >= 0.3 is 5.97 Å². The lowest BCUT2D eigenvalue weighted by Gasteiger charge is -2.22. The summed E-state index contributed by atoms with van der Waals surface area (Å²) in [6, 6.07) is 5.52. The van der Waals surface area contributed by atoms with Gasteiger partial charge in [-0.3, -0.25) is 14.6 Å². The first-order valence-corrected chi connectivity index (χ1v) is 10.6. The zero-order valence-electron chi connectivity index (χ0n) is 17.9. The van der Waals surface area contributed by atoms with Gasteiger partial charge in [-0.05, 0) is 74.1 Å². The molecule has 1 saturated carbocycles. The molecule has 1 aromatic carbocycles. The predicted molar refractivity (Wildman–Crippen MR) is 116 cm³/mol. The van der Waals surface area contributed by atoms with Crippen molar-refractivity contribution < 1.29 is 19.8 Å². The third kappa shape index (κ3) is 4.99. The molecular weight excluding hydrogens is 380 g/mol. The van der Waals surface area contributed by atoms with E-state index < -0.39 is 18.3 Å². The van der Waals surface area contributed by atoms with Crippen molar-refractivity contribution in [2.45, 2.75) is 71.6 Å². The van der Waals surface area contributed by atoms with Crippen LogP contribution in [0.1, 0.15) is 78.1 Å². The Balaban J connectivity index is 1.85. The van der Waals surface area contributed by atoms with Crippen molar-refractivity contribution in [2.75, 3.05) is 5.32 Å². The topological polar surface area (TPSA) is 99.5 Å². The van der Waals surface area contributed by atoms with Gasteiger partial charge in [-0.15, -0.1) is 0 Å². The monoisotopic (exact) mass is 410 g/mol. The summed E-state index contributed by atoms with van der Waals surface area (Å²) in [5.41, 5.74) is 6.49. The van der Waals surface area contributed by atoms with Crippen LogP contribution in [-0.4, -0.2) is 27.1 Å². The highest BCUT2D eigenvalue weighted by molar-refractivity contribution is 6.01. The molecule has 3 N–H and O–H groups in total. The van der Waals surface area contributed by atoms with Gasteiger partial charge in [-0.1, -0.05) is 19.3 Å². The Kier molecular flexibility index (Phi) is 6.75. The standard InChI is InChI=1S/C24H30N2O4/c1-14-11-20(26-22(28)13-23(29)30)16(3)15(2)19(14)12-18-9-10-21(27)24(25-18)17-7-5-4-6-8-17/h9-11,17,27H,4-8,12-13H2,1-3H3,(H,26,28)(H,29,30). The van der Waals surface area contributed by atoms with E-state index in [1.807, 2.05) is 32.9 Å². The van der Waals surface area contributed by atoms with Crippen molar-refractivity contribution in [2.24, 2.45) is 0 Å². The highest BCUT2D eigenvalue weighted by atomic mass is 16.4. The molecule has 1 fully saturated rings. The minimum absolute atomic E-state index is 0.284. The number of aryl methyl sites for hydroxylation is 1. The van der Waals surface area contributed by atoms with Crippen molar-refractivity contribution in [3.63, 3.8) is 0 Å². The summed E-state index contributed by atoms with van der Waals surface area (Å²) in [4.78, 5) is 27.4. The molecule has 0 saturated heterocycles. The van der Waals surface area contributed by atoms with E-state index >= 15 is 0 Å². The van der Waals surface area contributed by atoms with Crippen LogP contribution >= 0.6 is 0 Å². The first-order chi connectivity index (χ1) is 14.3. The number of amides is 1. The Morgan fingerprint density at radius 1 is 1.10 bits per heavy atom. The van der Waals surface area contributed by atoms with Crippen LogP contribution in [0.4, 0.5) is 5.69 Å². The van der Waals surface area contributed by atoms with Crippen LogP contribution in [0.15, 0.2) is 18.2 Å². The van der Waals surface area contributed by atoms with Crippen molar-refractivity contribution in [3.8, 4) is 5.75 Å². The van der Waals surface area contributed by atoms with Crippen molar-refractivity contribution in [3.05, 3.63) is 51.8 Å². The van der Waals surface area contributed by atoms with Crippen LogP contribution in [-0.2, 0) is 16.0 Å². The average Bonchev–Trinajstić information content (AvgIpc) is 2.70. The van der Waals surface area contributed by atoms with E-state index in [-0.39, 0.29) is 5.75 Å². The lowest BCUT2D eigenvalue weighted by Crippen LogP contribution is -2.17. The summed E-state index contributed by atoms with van der Waals surface area (Å²) in [6.07, 6.45) is 5.86. The molecule has 30 heavy (non-hydrogen) atoms. The Morgan fingerprint density at radius 3 is 2.47 bits per heavy atom. The second-order valence-electron chi connectivity index (χ2n) is 8.31. The van der Waals surface area contributed by atoms with Crippen LogP contribution in [0.2, 0.25) is 0 Å². The summed E-state index contributed by atoms with van der Waals surface area (Å²) in [7, 11) is 0. The number of hydrogen-bond donors (Lipinski definition) is 3. The van der Waals surface area contributed by atoms with E-state index in [1.165, 1.54) is 19.3 Å². The second kappa shape index (κ2) is 9.28. The molecule has 6 nitrogen and oxygen atoms in total. The molecule has 0 bridgehead atoms. The molecule has 0 aliphatic heterocycles. The molecule has 0 radical (unpaired) electrons. The van der Waals surface area contributed by atoms with Crippen molar-refractivity contribution in [1.82, 2.24) is 4.98 Å². The summed E-state index contributed by atoms with van der Waals surface area (Å²) < 4.78 is 0. The van der Waals surface area contributed by atoms with E-state index in [2.05, 4.69) is 5.32 Å². The molecule has 0 atom stereocenters. The number of rotatable bonds is 6. The number of pyridine rings is 1. The molecule has 1 heterocycles. The number of aliphatic carboxylic acids is 1. The molecule has 0 spiro atoms. The molecule has 1 aliphatic rings. The number of aromatic nitrogens is 1. The number of carbonyl (C=O) groups excluding carboxylic acids is 1. The Morgan fingerprint density at radius 2 is 1.80 bits per heavy atom. The predicted octanol–water partition coefficient (Wildman–Crippen LogP) is 4.76. The fraction of sp³-hybridized carbons (Fsp3) is 0.458. The van der Waals surface area contributed by atoms with Gasteiger partial charge in [-0.25, -0.2) is 0 Å². The fourth-order valence-corrected chi connectivity index (χ4v) is 4.34. The molecular formula is C24H30N2O4. The number of aromatic hydroxyl groups is 1. The maximum atomic E-state index is 11.9. The van der Waals surface area contributed by atoms with Crippen molar-refractivity contribution >= 4 is 17.6 Å². The lowest BCUT2D eigenvalue weighted by atomic mass is 9.86. The summed E-state index contributed by atoms with van der Waals surface area (Å²) >= 11 is 0. The highest BCUT2D eigenvalue weighted by Crippen LogP contribution is 2.36. The summed E-state index contributed by atoms with van der Waals surface area (Å²) in [5.74, 6) is -1.07. The largest absolute Gasteiger partial charge is 0.506 e. The van der Waals surface area contributed by atoms with E-state index in [9.17, 15) is 14.7 Å². The average molecular weight is 411 g/mol. The number of nitrogens with zero attached hydrogens (tertiary/aromatic N) is 1. The maximum absolute atomic E-state index is 11.9. The number of benzene rings is 1. The molecule has 3 rings (SSSR count). The molecule has 2 aromatic rings. The minimum atomic E-state index is -1.15. The normalized spacial score (nSPS) is 14.5. The smallest absolute Gasteiger partial charge is 0.312 e. The number of anilines is 1. The van der Waals surface area contributed by atoms with Gasteiger partial charge in [0.2, 0.25) is 5.91 Å². The first-order valence-electron chi connectivity index (χ1n) is 10.6. The Bertz CT molecular complexity index is 962. The zero-order valence-corrected chi connectivity index (χ0v) is 17.9. The van der Waals surface area contributed by atoms with Crippen LogP contribution in [0.3, 0.4) is 0 Å². The Labute approximate surface area is 177 Å². The molecule has 1 aliphatic carbocycles. The van der Waals surface area contributed by atoms with Crippen LogP contribution in [0.25, 0.3) is 0 Å². The minimum Gasteiger partial charge on any atom is -0.506 e. The number of hydrogen-bond acceptors (Lipinski definition) is 4. The van der Waals surface area contributed by atoms with Gasteiger partial charge in [-0.2, -0.15) is 0 Å². The highest BCUT2D eigenvalue weighted by Gasteiger charge is 2.21. The second-order valence-corrected chi connectivity index (χ2v) is 8.31. The number of nitrogens with one attached hydrogen (secondary N) is 1. The zero-order chi connectivity index (χ0) is 21.8. The summed E-state index contributed by atoms with van der Waals surface area (Å²) in [5, 5.41) is 21.8. The van der Waals surface area contributed by atoms with Gasteiger partial charge in [0, 0.05) is 23.7 Å². The first kappa shape index (κ1) is 21.8. The van der Waals surface area contributed by atoms with E-state index in [0.717, 1.165) is 46.5 Å². The number of carboxylic acid groups (broad SMARTS) is 1. The van der Waals surface area contributed by atoms with E-state index in [0.29, 0.717) is 18.0 Å². The number of carboxylic acids is 1. The van der Waals surface area contributed by atoms with Crippen LogP contribution in [0.5, 0.6) is 5.75 Å². The lowest BCUT2D eigenvalue weighted by molar-refractivity contribution is -0.139. The van der Waals surface area contributed by atoms with Crippen LogP contribution < -0.4 is 5.32 Å². The fourth-order valence-electron chi connectivity index (χ4n) is 4.34. The van der Waals surface area contributed by atoms with Gasteiger partial charge < -0.3 is 15.5 Å². The number of carbonyl (C=O) groups is 2. The third-order valence-electron chi connectivity index (χ3n) is 6.15. The third-order valence-corrected chi connectivity index (χ3v) is 6.15. The SMILES string of the molecule is Cc1cc(NC(=O)CC(=O)O)c(C)c(C)c1Cc1ccc(O)c(C2CCCCC2)n1. The maximum Gasteiger partial charge on any atom is 0.312 e. The molecule has 6 heteroatoms. The van der Waals surface area contributed by atoms with Crippen molar-refractivity contribution in [1.29, 1.82) is 0 Å². The molecule has 1 aromatic heterocycles. The van der Waals surface area contributed by atoms with Gasteiger partial charge in [0.1, 0.15) is 12.2 Å². The quantitative estimate of drug-likeness (QED) is 0.596. The van der Waals surface area contributed by atoms with E-state index in [4.69, 9.17) is 10.1 Å². The van der Waals surface area contributed by atoms with Gasteiger partial charge in [0.05, 0.1) is 5.69 Å². The molecule has 160 valence electrons. The summed E-state index contributed by atoms with van der Waals surface area (Å²) in [6.45, 7) is 5.91. The molecule has 1 amide bonds.